The molecule has 0 fully saturated rings. The summed E-state index contributed by atoms with van der Waals surface area (Å²) in [5, 5.41) is 4.98. The van der Waals surface area contributed by atoms with E-state index in [9.17, 15) is 9.59 Å². The van der Waals surface area contributed by atoms with Gasteiger partial charge in [0.2, 0.25) is 5.88 Å². The Morgan fingerprint density at radius 1 is 0.929 bits per heavy atom. The Balaban J connectivity index is 1.55. The van der Waals surface area contributed by atoms with Crippen LogP contribution in [0.15, 0.2) is 66.9 Å². The van der Waals surface area contributed by atoms with Gasteiger partial charge in [0.25, 0.3) is 5.91 Å². The Morgan fingerprint density at radius 2 is 1.64 bits per heavy atom. The number of urea groups is 1. The van der Waals surface area contributed by atoms with Gasteiger partial charge < -0.3 is 10.1 Å². The average Bonchev–Trinajstić information content (AvgIpc) is 2.68. The molecule has 0 aliphatic heterocycles. The third kappa shape index (κ3) is 5.22. The highest BCUT2D eigenvalue weighted by Crippen LogP contribution is 2.24. The summed E-state index contributed by atoms with van der Waals surface area (Å²) in [7, 11) is 0. The molecule has 8 heteroatoms. The molecule has 0 aliphatic carbocycles. The van der Waals surface area contributed by atoms with Crippen molar-refractivity contribution in [3.05, 3.63) is 88.0 Å². The molecule has 0 saturated carbocycles. The van der Waals surface area contributed by atoms with Crippen LogP contribution in [0.4, 0.5) is 10.5 Å². The summed E-state index contributed by atoms with van der Waals surface area (Å²) in [5.74, 6) is -0.294. The summed E-state index contributed by atoms with van der Waals surface area (Å²) in [4.78, 5) is 28.3. The molecule has 3 aromatic rings. The fraction of sp³-hybridized carbons (Fsp3) is 0.0500. The summed E-state index contributed by atoms with van der Waals surface area (Å²) in [6.45, 7) is 0.383. The van der Waals surface area contributed by atoms with Crippen molar-refractivity contribution in [1.29, 1.82) is 0 Å². The van der Waals surface area contributed by atoms with E-state index < -0.39 is 11.9 Å². The lowest BCUT2D eigenvalue weighted by Gasteiger charge is -2.09. The Hall–Kier alpha value is -3.09. The number of imide groups is 1. The van der Waals surface area contributed by atoms with Gasteiger partial charge in [-0.05, 0) is 23.8 Å². The van der Waals surface area contributed by atoms with Crippen LogP contribution in [0, 0.1) is 0 Å². The Labute approximate surface area is 171 Å². The molecule has 28 heavy (non-hydrogen) atoms. The number of aromatic nitrogens is 1. The highest BCUT2D eigenvalue weighted by molar-refractivity contribution is 6.40. The first-order chi connectivity index (χ1) is 13.5. The van der Waals surface area contributed by atoms with E-state index in [0.29, 0.717) is 18.2 Å². The van der Waals surface area contributed by atoms with Crippen LogP contribution in [0.25, 0.3) is 0 Å². The maximum Gasteiger partial charge on any atom is 0.326 e. The van der Waals surface area contributed by atoms with Gasteiger partial charge in [0.1, 0.15) is 6.61 Å². The molecule has 2 N–H and O–H groups in total. The predicted molar refractivity (Wildman–Crippen MR) is 108 cm³/mol. The fourth-order valence-corrected chi connectivity index (χ4v) is 2.88. The van der Waals surface area contributed by atoms with Crippen LogP contribution in [-0.2, 0) is 6.61 Å². The second-order valence-electron chi connectivity index (χ2n) is 5.66. The van der Waals surface area contributed by atoms with E-state index in [-0.39, 0.29) is 15.6 Å². The van der Waals surface area contributed by atoms with Gasteiger partial charge in [-0.1, -0.05) is 59.6 Å². The number of halogens is 2. The van der Waals surface area contributed by atoms with Gasteiger partial charge in [-0.2, -0.15) is 0 Å². The number of nitrogens with zero attached hydrogens (tertiary/aromatic N) is 1. The van der Waals surface area contributed by atoms with Crippen LogP contribution in [0.5, 0.6) is 5.88 Å². The molecule has 1 heterocycles. The Kier molecular flexibility index (Phi) is 6.47. The second-order valence-corrected chi connectivity index (χ2v) is 6.48. The monoisotopic (exact) mass is 415 g/mol. The molecule has 1 aromatic heterocycles. The second kappa shape index (κ2) is 9.21. The van der Waals surface area contributed by atoms with E-state index >= 15 is 0 Å². The van der Waals surface area contributed by atoms with Gasteiger partial charge in [0, 0.05) is 6.07 Å². The van der Waals surface area contributed by atoms with E-state index in [1.807, 2.05) is 30.3 Å². The Bertz CT molecular complexity index is 959. The minimum atomic E-state index is -0.735. The van der Waals surface area contributed by atoms with Gasteiger partial charge in [-0.15, -0.1) is 0 Å². The number of carbonyl (C=O) groups excluding carboxylic acids is 2. The molecule has 0 unspecified atom stereocenters. The third-order valence-electron chi connectivity index (χ3n) is 3.64. The van der Waals surface area contributed by atoms with Crippen LogP contribution in [0.1, 0.15) is 15.9 Å². The van der Waals surface area contributed by atoms with Gasteiger partial charge in [0.15, 0.2) is 0 Å². The quantitative estimate of drug-likeness (QED) is 0.618. The van der Waals surface area contributed by atoms with Crippen molar-refractivity contribution in [2.75, 3.05) is 5.32 Å². The molecule has 3 rings (SSSR count). The lowest BCUT2D eigenvalue weighted by molar-refractivity contribution is 0.0967. The van der Waals surface area contributed by atoms with Crippen LogP contribution >= 0.6 is 23.2 Å². The van der Waals surface area contributed by atoms with E-state index in [0.717, 1.165) is 5.56 Å². The number of amides is 3. The predicted octanol–water partition coefficient (Wildman–Crippen LogP) is 4.93. The molecule has 0 saturated heterocycles. The van der Waals surface area contributed by atoms with Crippen molar-refractivity contribution in [2.24, 2.45) is 0 Å². The van der Waals surface area contributed by atoms with Crippen molar-refractivity contribution in [3.8, 4) is 5.88 Å². The number of nitrogens with one attached hydrogen (secondary N) is 2. The normalized spacial score (nSPS) is 10.2. The maximum atomic E-state index is 12.2. The van der Waals surface area contributed by atoms with Crippen LogP contribution in [-0.4, -0.2) is 16.9 Å². The zero-order valence-electron chi connectivity index (χ0n) is 14.5. The van der Waals surface area contributed by atoms with Gasteiger partial charge in [-0.25, -0.2) is 9.78 Å². The first kappa shape index (κ1) is 19.7. The van der Waals surface area contributed by atoms with Gasteiger partial charge in [-0.3, -0.25) is 10.1 Å². The van der Waals surface area contributed by atoms with E-state index in [2.05, 4.69) is 15.6 Å². The zero-order valence-corrected chi connectivity index (χ0v) is 16.0. The number of pyridine rings is 1. The molecule has 2 aromatic carbocycles. The van der Waals surface area contributed by atoms with Crippen LogP contribution in [0.3, 0.4) is 0 Å². The molecule has 0 radical (unpaired) electrons. The fourth-order valence-electron chi connectivity index (χ4n) is 2.31. The third-order valence-corrected chi connectivity index (χ3v) is 4.27. The van der Waals surface area contributed by atoms with Crippen LogP contribution < -0.4 is 15.4 Å². The number of ether oxygens (including phenoxy) is 1. The lowest BCUT2D eigenvalue weighted by atomic mass is 10.2. The highest BCUT2D eigenvalue weighted by Gasteiger charge is 2.17. The van der Waals surface area contributed by atoms with Crippen molar-refractivity contribution in [3.63, 3.8) is 0 Å². The summed E-state index contributed by atoms with van der Waals surface area (Å²) < 4.78 is 5.58. The molecular weight excluding hydrogens is 401 g/mol. The van der Waals surface area contributed by atoms with E-state index in [4.69, 9.17) is 27.9 Å². The molecule has 6 nitrogen and oxygen atoms in total. The maximum absolute atomic E-state index is 12.2. The van der Waals surface area contributed by atoms with Gasteiger partial charge >= 0.3 is 6.03 Å². The summed E-state index contributed by atoms with van der Waals surface area (Å²) in [6, 6.07) is 16.8. The number of benzene rings is 2. The highest BCUT2D eigenvalue weighted by atomic mass is 35.5. The van der Waals surface area contributed by atoms with Crippen molar-refractivity contribution in [2.45, 2.75) is 6.61 Å². The van der Waals surface area contributed by atoms with Crippen molar-refractivity contribution < 1.29 is 14.3 Å². The number of hydrogen-bond donors (Lipinski definition) is 2. The number of hydrogen-bond acceptors (Lipinski definition) is 4. The summed E-state index contributed by atoms with van der Waals surface area (Å²) in [5.41, 5.74) is 1.44. The minimum absolute atomic E-state index is 0.0313. The molecule has 0 atom stereocenters. The summed E-state index contributed by atoms with van der Waals surface area (Å²) in [6.07, 6.45) is 1.42. The molecule has 0 aliphatic rings. The standard InChI is InChI=1S/C20H15Cl2N3O3/c21-15-7-4-8-16(22)18(15)19(26)25-20(27)24-14-9-10-17(23-11-14)28-12-13-5-2-1-3-6-13/h1-11H,12H2,(H2,24,25,26,27). The molecule has 0 bridgehead atoms. The molecule has 142 valence electrons. The topological polar surface area (TPSA) is 80.3 Å². The van der Waals surface area contributed by atoms with Crippen molar-refractivity contribution >= 4 is 40.8 Å². The smallest absolute Gasteiger partial charge is 0.326 e. The molecular formula is C20H15Cl2N3O3. The SMILES string of the molecule is O=C(NC(=O)c1c(Cl)cccc1Cl)Nc1ccc(OCc2ccccc2)nc1. The van der Waals surface area contributed by atoms with Gasteiger partial charge in [0.05, 0.1) is 27.5 Å². The summed E-state index contributed by atoms with van der Waals surface area (Å²) >= 11 is 11.9. The zero-order chi connectivity index (χ0) is 19.9. The minimum Gasteiger partial charge on any atom is -0.473 e. The lowest BCUT2D eigenvalue weighted by Crippen LogP contribution is -2.34. The van der Waals surface area contributed by atoms with Crippen LogP contribution in [0.2, 0.25) is 10.0 Å². The number of rotatable bonds is 5. The first-order valence-electron chi connectivity index (χ1n) is 8.22. The van der Waals surface area contributed by atoms with E-state index in [1.54, 1.807) is 18.2 Å². The number of anilines is 1. The Morgan fingerprint density at radius 3 is 2.29 bits per heavy atom. The molecule has 0 spiro atoms. The van der Waals surface area contributed by atoms with E-state index in [1.165, 1.54) is 18.3 Å². The van der Waals surface area contributed by atoms with Crippen molar-refractivity contribution in [1.82, 2.24) is 10.3 Å². The average molecular weight is 416 g/mol. The largest absolute Gasteiger partial charge is 0.473 e. The first-order valence-corrected chi connectivity index (χ1v) is 8.97. The number of carbonyl (C=O) groups is 2. The molecule has 3 amide bonds.